The number of thioether (sulfide) groups is 1. The number of benzene rings is 1. The zero-order valence-corrected chi connectivity index (χ0v) is 13.7. The van der Waals surface area contributed by atoms with E-state index in [1.165, 1.54) is 47.4 Å². The number of nitrogens with one attached hydrogen (secondary N) is 1. The summed E-state index contributed by atoms with van der Waals surface area (Å²) in [5.41, 5.74) is 6.44. The molecule has 0 aliphatic rings. The summed E-state index contributed by atoms with van der Waals surface area (Å²) in [5, 5.41) is 5.48. The van der Waals surface area contributed by atoms with Crippen molar-refractivity contribution in [1.82, 2.24) is 9.97 Å². The van der Waals surface area contributed by atoms with Crippen LogP contribution in [0.15, 0.2) is 40.9 Å². The molecule has 1 amide bonds. The van der Waals surface area contributed by atoms with Crippen molar-refractivity contribution in [2.45, 2.75) is 17.3 Å². The zero-order valence-electron chi connectivity index (χ0n) is 12.1. The van der Waals surface area contributed by atoms with Crippen molar-refractivity contribution >= 4 is 50.7 Å². The van der Waals surface area contributed by atoms with Crippen LogP contribution in [0.5, 0.6) is 0 Å². The molecule has 3 rings (SSSR count). The first-order valence-corrected chi connectivity index (χ1v) is 8.52. The van der Waals surface area contributed by atoms with E-state index in [1.807, 2.05) is 11.4 Å². The molecule has 0 radical (unpaired) electrons. The number of nitrogens with two attached hydrogens (primary N) is 1. The van der Waals surface area contributed by atoms with Crippen molar-refractivity contribution in [2.24, 2.45) is 0 Å². The second-order valence-electron chi connectivity index (χ2n) is 4.79. The minimum absolute atomic E-state index is 0.213. The first-order valence-electron chi connectivity index (χ1n) is 6.77. The Morgan fingerprint density at radius 1 is 1.30 bits per heavy atom. The van der Waals surface area contributed by atoms with Gasteiger partial charge in [0.1, 0.15) is 16.5 Å². The van der Waals surface area contributed by atoms with Crippen LogP contribution in [0, 0.1) is 5.82 Å². The van der Waals surface area contributed by atoms with Crippen molar-refractivity contribution in [1.29, 1.82) is 0 Å². The molecule has 118 valence electrons. The number of carbonyl (C=O) groups excluding carboxylic acids is 1. The lowest BCUT2D eigenvalue weighted by Crippen LogP contribution is -2.22. The second-order valence-corrected chi connectivity index (χ2v) is 6.99. The Balaban J connectivity index is 1.70. The number of halogens is 1. The topological polar surface area (TPSA) is 80.9 Å². The average Bonchev–Trinajstić information content (AvgIpc) is 2.98. The number of nitrogens with zero attached hydrogens (tertiary/aromatic N) is 2. The molecule has 5 nitrogen and oxygen atoms in total. The number of carbonyl (C=O) groups is 1. The Kier molecular flexibility index (Phi) is 4.44. The van der Waals surface area contributed by atoms with Gasteiger partial charge in [-0.25, -0.2) is 14.4 Å². The second kappa shape index (κ2) is 6.51. The Morgan fingerprint density at radius 3 is 2.78 bits per heavy atom. The van der Waals surface area contributed by atoms with E-state index >= 15 is 0 Å². The number of aromatic nitrogens is 2. The number of thiophene rings is 1. The van der Waals surface area contributed by atoms with Crippen LogP contribution in [-0.2, 0) is 4.79 Å². The molecule has 0 aliphatic heterocycles. The molecule has 0 fully saturated rings. The van der Waals surface area contributed by atoms with Gasteiger partial charge in [-0.2, -0.15) is 0 Å². The lowest BCUT2D eigenvalue weighted by atomic mass is 10.3. The summed E-state index contributed by atoms with van der Waals surface area (Å²) < 4.78 is 12.9. The molecular weight excluding hydrogens is 335 g/mol. The Morgan fingerprint density at radius 2 is 2.04 bits per heavy atom. The lowest BCUT2D eigenvalue weighted by Gasteiger charge is -2.11. The van der Waals surface area contributed by atoms with E-state index in [4.69, 9.17) is 5.73 Å². The number of rotatable bonds is 4. The Labute approximate surface area is 140 Å². The van der Waals surface area contributed by atoms with Gasteiger partial charge in [0.2, 0.25) is 5.91 Å². The van der Waals surface area contributed by atoms with Crippen LogP contribution in [0.1, 0.15) is 6.92 Å². The molecule has 23 heavy (non-hydrogen) atoms. The number of anilines is 2. The van der Waals surface area contributed by atoms with E-state index in [-0.39, 0.29) is 11.7 Å². The SMILES string of the molecule is C[C@H](Sc1nc(N)c2ccsc2n1)C(=O)Nc1ccc(F)cc1. The quantitative estimate of drug-likeness (QED) is 0.557. The van der Waals surface area contributed by atoms with Gasteiger partial charge in [0.15, 0.2) is 5.16 Å². The van der Waals surface area contributed by atoms with E-state index in [2.05, 4.69) is 15.3 Å². The highest BCUT2D eigenvalue weighted by atomic mass is 32.2. The van der Waals surface area contributed by atoms with Gasteiger partial charge < -0.3 is 11.1 Å². The molecule has 2 aromatic heterocycles. The van der Waals surface area contributed by atoms with Crippen molar-refractivity contribution < 1.29 is 9.18 Å². The van der Waals surface area contributed by atoms with Crippen molar-refractivity contribution in [3.05, 3.63) is 41.5 Å². The highest BCUT2D eigenvalue weighted by molar-refractivity contribution is 8.00. The summed E-state index contributed by atoms with van der Waals surface area (Å²) in [6, 6.07) is 7.48. The monoisotopic (exact) mass is 348 g/mol. The minimum atomic E-state index is -0.420. The van der Waals surface area contributed by atoms with Crippen molar-refractivity contribution in [2.75, 3.05) is 11.1 Å². The van der Waals surface area contributed by atoms with Gasteiger partial charge in [-0.1, -0.05) is 11.8 Å². The predicted octanol–water partition coefficient (Wildman–Crippen LogP) is 3.53. The summed E-state index contributed by atoms with van der Waals surface area (Å²) in [6.45, 7) is 1.75. The lowest BCUT2D eigenvalue weighted by molar-refractivity contribution is -0.115. The van der Waals surface area contributed by atoms with E-state index in [0.717, 1.165) is 10.2 Å². The van der Waals surface area contributed by atoms with Crippen LogP contribution >= 0.6 is 23.1 Å². The molecule has 0 aliphatic carbocycles. The summed E-state index contributed by atoms with van der Waals surface area (Å²) >= 11 is 2.70. The smallest absolute Gasteiger partial charge is 0.237 e. The average molecular weight is 348 g/mol. The van der Waals surface area contributed by atoms with Gasteiger partial charge in [0.05, 0.1) is 10.6 Å². The highest BCUT2D eigenvalue weighted by Crippen LogP contribution is 2.28. The van der Waals surface area contributed by atoms with E-state index in [1.54, 1.807) is 6.92 Å². The molecule has 2 heterocycles. The molecule has 0 saturated carbocycles. The zero-order chi connectivity index (χ0) is 16.4. The third-order valence-electron chi connectivity index (χ3n) is 3.10. The standard InChI is InChI=1S/C15H13FN4OS2/c1-8(13(21)18-10-4-2-9(16)3-5-10)23-15-19-12(17)11-6-7-22-14(11)20-15/h2-8H,1H3,(H,18,21)(H2,17,19,20)/t8-/m0/s1. The molecule has 0 saturated heterocycles. The van der Waals surface area contributed by atoms with E-state index < -0.39 is 5.25 Å². The normalized spacial score (nSPS) is 12.3. The van der Waals surface area contributed by atoms with Crippen LogP contribution in [0.2, 0.25) is 0 Å². The molecule has 1 aromatic carbocycles. The van der Waals surface area contributed by atoms with Gasteiger partial charge in [0, 0.05) is 5.69 Å². The molecule has 3 aromatic rings. The molecular formula is C15H13FN4OS2. The molecule has 0 spiro atoms. The first-order chi connectivity index (χ1) is 11.0. The van der Waals surface area contributed by atoms with E-state index in [9.17, 15) is 9.18 Å². The number of hydrogen-bond donors (Lipinski definition) is 2. The highest BCUT2D eigenvalue weighted by Gasteiger charge is 2.17. The number of nitrogen functional groups attached to an aromatic ring is 1. The van der Waals surface area contributed by atoms with Gasteiger partial charge in [-0.05, 0) is 42.6 Å². The Bertz CT molecular complexity index is 850. The van der Waals surface area contributed by atoms with Crippen LogP contribution in [0.4, 0.5) is 15.9 Å². The predicted molar refractivity (Wildman–Crippen MR) is 92.2 cm³/mol. The van der Waals surface area contributed by atoms with Gasteiger partial charge in [-0.3, -0.25) is 4.79 Å². The van der Waals surface area contributed by atoms with E-state index in [0.29, 0.717) is 16.7 Å². The van der Waals surface area contributed by atoms with Crippen molar-refractivity contribution in [3.8, 4) is 0 Å². The largest absolute Gasteiger partial charge is 0.383 e. The summed E-state index contributed by atoms with van der Waals surface area (Å²) in [7, 11) is 0. The molecule has 0 unspecified atom stereocenters. The number of amides is 1. The molecule has 3 N–H and O–H groups in total. The van der Waals surface area contributed by atoms with Gasteiger partial charge >= 0.3 is 0 Å². The fourth-order valence-corrected chi connectivity index (χ4v) is 3.51. The summed E-state index contributed by atoms with van der Waals surface area (Å²) in [5.74, 6) is -0.154. The van der Waals surface area contributed by atoms with Crippen molar-refractivity contribution in [3.63, 3.8) is 0 Å². The number of hydrogen-bond acceptors (Lipinski definition) is 6. The number of fused-ring (bicyclic) bond motifs is 1. The maximum absolute atomic E-state index is 12.9. The third-order valence-corrected chi connectivity index (χ3v) is 4.86. The first kappa shape index (κ1) is 15.7. The van der Waals surface area contributed by atoms with Crippen LogP contribution in [0.3, 0.4) is 0 Å². The third kappa shape index (κ3) is 3.59. The maximum atomic E-state index is 12.9. The maximum Gasteiger partial charge on any atom is 0.237 e. The van der Waals surface area contributed by atoms with Crippen LogP contribution in [-0.4, -0.2) is 21.1 Å². The fourth-order valence-electron chi connectivity index (χ4n) is 1.90. The summed E-state index contributed by atoms with van der Waals surface area (Å²) in [4.78, 5) is 21.6. The Hall–Kier alpha value is -2.19. The molecule has 0 bridgehead atoms. The summed E-state index contributed by atoms with van der Waals surface area (Å²) in [6.07, 6.45) is 0. The minimum Gasteiger partial charge on any atom is -0.383 e. The van der Waals surface area contributed by atoms with Crippen LogP contribution < -0.4 is 11.1 Å². The molecule has 1 atom stereocenters. The fraction of sp³-hybridized carbons (Fsp3) is 0.133. The van der Waals surface area contributed by atoms with Gasteiger partial charge in [-0.15, -0.1) is 11.3 Å². The molecule has 8 heteroatoms. The van der Waals surface area contributed by atoms with Crippen LogP contribution in [0.25, 0.3) is 10.2 Å². The van der Waals surface area contributed by atoms with Gasteiger partial charge in [0.25, 0.3) is 0 Å².